The number of nitrogens with one attached hydrogen (secondary N) is 2. The third-order valence-corrected chi connectivity index (χ3v) is 7.18. The molecule has 0 bridgehead atoms. The van der Waals surface area contributed by atoms with Crippen molar-refractivity contribution in [3.63, 3.8) is 0 Å². The number of likely N-dealkylation sites (tertiary alicyclic amines) is 1. The molecule has 1 fully saturated rings. The van der Waals surface area contributed by atoms with Gasteiger partial charge in [-0.25, -0.2) is 4.79 Å². The molecule has 3 rings (SSSR count). The maximum Gasteiger partial charge on any atom is 0.319 e. The number of carbonyl (C=O) groups is 3. The van der Waals surface area contributed by atoms with Crippen molar-refractivity contribution >= 4 is 29.2 Å². The summed E-state index contributed by atoms with van der Waals surface area (Å²) in [6, 6.07) is 2.02. The van der Waals surface area contributed by atoms with Crippen LogP contribution in [0.15, 0.2) is 6.07 Å². The van der Waals surface area contributed by atoms with E-state index in [1.165, 1.54) is 29.7 Å². The summed E-state index contributed by atoms with van der Waals surface area (Å²) in [7, 11) is 0. The molecule has 1 aliphatic heterocycles. The van der Waals surface area contributed by atoms with Crippen molar-refractivity contribution in [3.8, 4) is 0 Å². The summed E-state index contributed by atoms with van der Waals surface area (Å²) in [5.41, 5.74) is 6.45. The summed E-state index contributed by atoms with van der Waals surface area (Å²) in [6.07, 6.45) is 6.92. The number of rotatable bonds is 4. The highest BCUT2D eigenvalue weighted by molar-refractivity contribution is 7.14. The molecule has 0 aromatic carbocycles. The van der Waals surface area contributed by atoms with Crippen LogP contribution in [0.2, 0.25) is 0 Å². The van der Waals surface area contributed by atoms with Crippen LogP contribution in [0.3, 0.4) is 0 Å². The van der Waals surface area contributed by atoms with E-state index in [1.807, 2.05) is 24.8 Å². The minimum Gasteiger partial charge on any atom is -0.325 e. The van der Waals surface area contributed by atoms with Crippen LogP contribution < -0.4 is 10.9 Å². The number of nitrogens with zero attached hydrogens (tertiary/aromatic N) is 2. The highest BCUT2D eigenvalue weighted by Crippen LogP contribution is 2.28. The Kier molecular flexibility index (Phi) is 7.52. The first-order valence-corrected chi connectivity index (χ1v) is 11.6. The van der Waals surface area contributed by atoms with Crippen molar-refractivity contribution in [2.45, 2.75) is 58.8 Å². The number of hydrogen-bond donors (Lipinski definition) is 2. The van der Waals surface area contributed by atoms with Crippen LogP contribution in [-0.4, -0.2) is 53.8 Å². The molecule has 160 valence electrons. The second-order valence-corrected chi connectivity index (χ2v) is 8.92. The van der Waals surface area contributed by atoms with Gasteiger partial charge in [-0.15, -0.1) is 11.3 Å². The first kappa shape index (κ1) is 21.6. The molecular formula is C21H32N4O3S. The number of hydrogen-bond acceptors (Lipinski definition) is 4. The van der Waals surface area contributed by atoms with E-state index in [2.05, 4.69) is 10.9 Å². The number of aryl methyl sites for hydroxylation is 2. The largest absolute Gasteiger partial charge is 0.325 e. The van der Waals surface area contributed by atoms with Gasteiger partial charge < -0.3 is 9.80 Å². The van der Waals surface area contributed by atoms with E-state index in [1.54, 1.807) is 16.2 Å². The van der Waals surface area contributed by atoms with Gasteiger partial charge in [0.15, 0.2) is 0 Å². The zero-order chi connectivity index (χ0) is 20.8. The molecule has 1 saturated heterocycles. The van der Waals surface area contributed by atoms with Gasteiger partial charge in [0.1, 0.15) is 0 Å². The van der Waals surface area contributed by atoms with Gasteiger partial charge in [-0.2, -0.15) is 0 Å². The maximum absolute atomic E-state index is 12.5. The van der Waals surface area contributed by atoms with E-state index in [9.17, 15) is 14.4 Å². The lowest BCUT2D eigenvalue weighted by molar-refractivity contribution is -0.127. The van der Waals surface area contributed by atoms with Crippen molar-refractivity contribution in [2.75, 3.05) is 26.2 Å². The number of piperidine rings is 1. The van der Waals surface area contributed by atoms with Gasteiger partial charge >= 0.3 is 6.03 Å². The maximum atomic E-state index is 12.5. The van der Waals surface area contributed by atoms with Gasteiger partial charge in [-0.1, -0.05) is 6.42 Å². The fraction of sp³-hybridized carbons (Fsp3) is 0.667. The fourth-order valence-electron chi connectivity index (χ4n) is 4.09. The molecule has 0 radical (unpaired) electrons. The number of fused-ring (bicyclic) bond motifs is 1. The second-order valence-electron chi connectivity index (χ2n) is 7.78. The summed E-state index contributed by atoms with van der Waals surface area (Å²) in [4.78, 5) is 42.9. The lowest BCUT2D eigenvalue weighted by atomic mass is 9.96. The Morgan fingerprint density at radius 3 is 2.45 bits per heavy atom. The Hall–Kier alpha value is -2.09. The topological polar surface area (TPSA) is 81.8 Å². The molecule has 1 aromatic heterocycles. The second kappa shape index (κ2) is 10.1. The molecule has 0 unspecified atom stereocenters. The van der Waals surface area contributed by atoms with Crippen LogP contribution in [0.1, 0.15) is 66.1 Å². The summed E-state index contributed by atoms with van der Waals surface area (Å²) in [6.45, 7) is 6.45. The molecule has 0 saturated carbocycles. The molecule has 1 aromatic rings. The third-order valence-electron chi connectivity index (χ3n) is 5.94. The van der Waals surface area contributed by atoms with Crippen molar-refractivity contribution in [1.82, 2.24) is 20.7 Å². The van der Waals surface area contributed by atoms with Gasteiger partial charge in [-0.05, 0) is 64.0 Å². The van der Waals surface area contributed by atoms with Gasteiger partial charge in [0, 0.05) is 37.0 Å². The highest BCUT2D eigenvalue weighted by atomic mass is 32.1. The zero-order valence-electron chi connectivity index (χ0n) is 17.5. The van der Waals surface area contributed by atoms with Crippen molar-refractivity contribution in [1.29, 1.82) is 0 Å². The fourth-order valence-corrected chi connectivity index (χ4v) is 5.24. The molecule has 4 amide bonds. The Morgan fingerprint density at radius 1 is 1.07 bits per heavy atom. The summed E-state index contributed by atoms with van der Waals surface area (Å²) < 4.78 is 0. The van der Waals surface area contributed by atoms with Crippen LogP contribution in [0.5, 0.6) is 0 Å². The van der Waals surface area contributed by atoms with Crippen LogP contribution >= 0.6 is 11.3 Å². The van der Waals surface area contributed by atoms with Gasteiger partial charge in [-0.3, -0.25) is 20.4 Å². The number of thiophene rings is 1. The number of hydrazine groups is 1. The first-order valence-electron chi connectivity index (χ1n) is 10.8. The summed E-state index contributed by atoms with van der Waals surface area (Å²) >= 11 is 1.54. The lowest BCUT2D eigenvalue weighted by Gasteiger charge is -2.34. The minimum absolute atomic E-state index is 0.0413. The highest BCUT2D eigenvalue weighted by Gasteiger charge is 2.29. The first-order chi connectivity index (χ1) is 14.0. The van der Waals surface area contributed by atoms with Crippen LogP contribution in [0, 0.1) is 5.92 Å². The average molecular weight is 421 g/mol. The molecule has 0 spiro atoms. The Labute approximate surface area is 176 Å². The van der Waals surface area contributed by atoms with E-state index in [0.29, 0.717) is 43.9 Å². The van der Waals surface area contributed by atoms with Crippen LogP contribution in [-0.2, 0) is 17.6 Å². The van der Waals surface area contributed by atoms with E-state index in [0.717, 1.165) is 12.8 Å². The minimum atomic E-state index is -0.245. The summed E-state index contributed by atoms with van der Waals surface area (Å²) in [5, 5.41) is 0. The molecule has 1 aliphatic carbocycles. The molecular weight excluding hydrogens is 388 g/mol. The van der Waals surface area contributed by atoms with Crippen molar-refractivity contribution in [2.24, 2.45) is 5.92 Å². The van der Waals surface area contributed by atoms with Gasteiger partial charge in [0.2, 0.25) is 5.91 Å². The van der Waals surface area contributed by atoms with Crippen LogP contribution in [0.4, 0.5) is 4.79 Å². The summed E-state index contributed by atoms with van der Waals surface area (Å²) in [5.74, 6) is -0.604. The van der Waals surface area contributed by atoms with E-state index in [-0.39, 0.29) is 23.8 Å². The van der Waals surface area contributed by atoms with Gasteiger partial charge in [0.25, 0.3) is 5.91 Å². The monoisotopic (exact) mass is 420 g/mol. The smallest absolute Gasteiger partial charge is 0.319 e. The molecule has 2 aliphatic rings. The lowest BCUT2D eigenvalue weighted by Crippen LogP contribution is -2.50. The number of carbonyl (C=O) groups excluding carboxylic acids is 3. The quantitative estimate of drug-likeness (QED) is 0.580. The SMILES string of the molecule is CCN(CC)C(=O)N1CCC(C(=O)NNC(=O)c2cc3c(s2)CCCCC3)CC1. The van der Waals surface area contributed by atoms with E-state index in [4.69, 9.17) is 0 Å². The Bertz CT molecular complexity index is 713. The molecule has 7 nitrogen and oxygen atoms in total. The molecule has 0 atom stereocenters. The average Bonchev–Trinajstić information content (AvgIpc) is 3.03. The molecule has 2 heterocycles. The van der Waals surface area contributed by atoms with E-state index < -0.39 is 0 Å². The number of urea groups is 1. The third kappa shape index (κ3) is 5.29. The van der Waals surface area contributed by atoms with Crippen LogP contribution in [0.25, 0.3) is 0 Å². The predicted octanol–water partition coefficient (Wildman–Crippen LogP) is 2.95. The van der Waals surface area contributed by atoms with Gasteiger partial charge in [0.05, 0.1) is 4.88 Å². The Morgan fingerprint density at radius 2 is 1.76 bits per heavy atom. The zero-order valence-corrected chi connectivity index (χ0v) is 18.3. The van der Waals surface area contributed by atoms with E-state index >= 15 is 0 Å². The number of amides is 4. The Balaban J connectivity index is 1.45. The van der Waals surface area contributed by atoms with Crippen molar-refractivity contribution < 1.29 is 14.4 Å². The normalized spacial score (nSPS) is 17.2. The van der Waals surface area contributed by atoms with Crippen molar-refractivity contribution in [3.05, 3.63) is 21.4 Å². The predicted molar refractivity (Wildman–Crippen MR) is 114 cm³/mol. The molecule has 2 N–H and O–H groups in total. The molecule has 29 heavy (non-hydrogen) atoms. The molecule has 8 heteroatoms. The standard InChI is InChI=1S/C21H32N4O3S/c1-3-24(4-2)21(28)25-12-10-15(11-13-25)19(26)22-23-20(27)18-14-16-8-6-5-7-9-17(16)29-18/h14-15H,3-13H2,1-2H3,(H,22,26)(H,23,27).